The number of hydrogen-bond donors (Lipinski definition) is 2. The van der Waals surface area contributed by atoms with Crippen molar-refractivity contribution in [3.8, 4) is 11.5 Å². The summed E-state index contributed by atoms with van der Waals surface area (Å²) in [6.45, 7) is 4.86. The second-order valence-corrected chi connectivity index (χ2v) is 6.37. The van der Waals surface area contributed by atoms with Crippen LogP contribution < -0.4 is 11.2 Å². The average Bonchev–Trinajstić information content (AvgIpc) is 2.56. The molecular weight excluding hydrogens is 320 g/mol. The molecule has 0 spiro atoms. The van der Waals surface area contributed by atoms with E-state index in [4.69, 9.17) is 5.11 Å². The Bertz CT molecular complexity index is 990. The van der Waals surface area contributed by atoms with Gasteiger partial charge in [0.25, 0.3) is 5.56 Å². The summed E-state index contributed by atoms with van der Waals surface area (Å²) in [6.07, 6.45) is 3.55. The van der Waals surface area contributed by atoms with Gasteiger partial charge in [-0.3, -0.25) is 9.78 Å². The number of H-pyrrole nitrogens is 1. The van der Waals surface area contributed by atoms with Gasteiger partial charge in [-0.15, -0.1) is 0 Å². The summed E-state index contributed by atoms with van der Waals surface area (Å²) in [6, 6.07) is 3.98. The van der Waals surface area contributed by atoms with Gasteiger partial charge >= 0.3 is 5.69 Å². The van der Waals surface area contributed by atoms with Crippen molar-refractivity contribution in [2.45, 2.75) is 46.1 Å². The van der Waals surface area contributed by atoms with Crippen LogP contribution in [0.1, 0.15) is 36.8 Å². The Kier molecular flexibility index (Phi) is 4.94. The van der Waals surface area contributed by atoms with Crippen LogP contribution in [0.2, 0.25) is 0 Å². The lowest BCUT2D eigenvalue weighted by Crippen LogP contribution is -2.29. The third-order valence-corrected chi connectivity index (χ3v) is 4.51. The van der Waals surface area contributed by atoms with Crippen molar-refractivity contribution < 1.29 is 5.11 Å². The highest BCUT2D eigenvalue weighted by Crippen LogP contribution is 2.24. The summed E-state index contributed by atoms with van der Waals surface area (Å²) in [5.74, 6) is 0.326. The van der Waals surface area contributed by atoms with E-state index in [1.807, 2.05) is 30.5 Å². The fraction of sp³-hybridized carbons (Fsp3) is 0.444. The fourth-order valence-corrected chi connectivity index (χ4v) is 3.01. The van der Waals surface area contributed by atoms with Gasteiger partial charge in [-0.25, -0.2) is 9.78 Å². The van der Waals surface area contributed by atoms with E-state index < -0.39 is 11.2 Å². The molecule has 2 heterocycles. The van der Waals surface area contributed by atoms with Gasteiger partial charge in [0.05, 0.1) is 11.0 Å². The van der Waals surface area contributed by atoms with E-state index in [0.717, 1.165) is 47.8 Å². The van der Waals surface area contributed by atoms with Crippen LogP contribution in [0, 0.1) is 13.8 Å². The Balaban J connectivity index is 2.16. The second kappa shape index (κ2) is 7.14. The first kappa shape index (κ1) is 17.3. The van der Waals surface area contributed by atoms with Crippen LogP contribution >= 0.6 is 0 Å². The molecule has 0 bridgehead atoms. The van der Waals surface area contributed by atoms with Gasteiger partial charge in [0.2, 0.25) is 0 Å². The van der Waals surface area contributed by atoms with Gasteiger partial charge < -0.3 is 9.67 Å². The Morgan fingerprint density at radius 3 is 2.52 bits per heavy atom. The highest BCUT2D eigenvalue weighted by Gasteiger charge is 2.18. The predicted molar refractivity (Wildman–Crippen MR) is 96.1 cm³/mol. The van der Waals surface area contributed by atoms with Crippen LogP contribution in [-0.2, 0) is 6.54 Å². The monoisotopic (exact) mass is 342 g/mol. The van der Waals surface area contributed by atoms with Gasteiger partial charge in [-0.2, -0.15) is 4.98 Å². The van der Waals surface area contributed by atoms with Gasteiger partial charge in [0.15, 0.2) is 11.5 Å². The molecule has 0 unspecified atom stereocenters. The molecule has 7 heteroatoms. The van der Waals surface area contributed by atoms with Crippen LogP contribution in [-0.4, -0.2) is 31.2 Å². The summed E-state index contributed by atoms with van der Waals surface area (Å²) in [5.41, 5.74) is 2.83. The Hall–Kier alpha value is -2.54. The maximum atomic E-state index is 12.2. The number of benzene rings is 1. The minimum Gasteiger partial charge on any atom is -0.396 e. The van der Waals surface area contributed by atoms with Crippen molar-refractivity contribution in [1.82, 2.24) is 19.5 Å². The molecule has 0 saturated heterocycles. The predicted octanol–water partition coefficient (Wildman–Crippen LogP) is 1.75. The number of aliphatic hydroxyl groups excluding tert-OH is 1. The fourth-order valence-electron chi connectivity index (χ4n) is 3.01. The van der Waals surface area contributed by atoms with Crippen molar-refractivity contribution >= 4 is 11.0 Å². The maximum Gasteiger partial charge on any atom is 0.349 e. The van der Waals surface area contributed by atoms with Crippen molar-refractivity contribution in [1.29, 1.82) is 0 Å². The molecule has 25 heavy (non-hydrogen) atoms. The van der Waals surface area contributed by atoms with Crippen molar-refractivity contribution in [2.24, 2.45) is 0 Å². The molecule has 0 saturated carbocycles. The molecule has 1 aromatic carbocycles. The van der Waals surface area contributed by atoms with E-state index in [2.05, 4.69) is 15.0 Å². The normalized spacial score (nSPS) is 11.5. The summed E-state index contributed by atoms with van der Waals surface area (Å²) < 4.78 is 1.92. The molecule has 3 rings (SSSR count). The maximum absolute atomic E-state index is 12.2. The highest BCUT2D eigenvalue weighted by molar-refractivity contribution is 5.81. The first-order valence-corrected chi connectivity index (χ1v) is 8.54. The van der Waals surface area contributed by atoms with E-state index >= 15 is 0 Å². The number of hydrogen-bond acceptors (Lipinski definition) is 5. The van der Waals surface area contributed by atoms with Crippen LogP contribution in [0.25, 0.3) is 22.6 Å². The van der Waals surface area contributed by atoms with Gasteiger partial charge in [0.1, 0.15) is 0 Å². The molecule has 132 valence electrons. The molecule has 2 aliphatic heterocycles. The first-order chi connectivity index (χ1) is 12.0. The SMILES string of the molecule is Cc1cc2nc3c(=O)[nH]c(=O)nc-3n(CCCCCCO)c2cc1C. The van der Waals surface area contributed by atoms with Crippen LogP contribution in [0.3, 0.4) is 0 Å². The lowest BCUT2D eigenvalue weighted by molar-refractivity contribution is 0.282. The topological polar surface area (TPSA) is 101 Å². The highest BCUT2D eigenvalue weighted by atomic mass is 16.3. The van der Waals surface area contributed by atoms with E-state index in [-0.39, 0.29) is 12.3 Å². The van der Waals surface area contributed by atoms with Gasteiger partial charge in [-0.1, -0.05) is 12.8 Å². The van der Waals surface area contributed by atoms with Crippen molar-refractivity contribution in [2.75, 3.05) is 6.61 Å². The lowest BCUT2D eigenvalue weighted by Gasteiger charge is -2.17. The summed E-state index contributed by atoms with van der Waals surface area (Å²) >= 11 is 0. The molecule has 0 fully saturated rings. The second-order valence-electron chi connectivity index (χ2n) is 6.37. The first-order valence-electron chi connectivity index (χ1n) is 8.54. The van der Waals surface area contributed by atoms with Crippen molar-refractivity contribution in [3.05, 3.63) is 44.1 Å². The van der Waals surface area contributed by atoms with Crippen LogP contribution in [0.5, 0.6) is 0 Å². The zero-order valence-electron chi connectivity index (χ0n) is 14.5. The molecule has 2 N–H and O–H groups in total. The quantitative estimate of drug-likeness (QED) is 0.525. The number of aromatic nitrogens is 4. The third-order valence-electron chi connectivity index (χ3n) is 4.51. The molecule has 0 aromatic heterocycles. The summed E-state index contributed by atoms with van der Waals surface area (Å²) in [7, 11) is 0. The van der Waals surface area contributed by atoms with E-state index in [1.54, 1.807) is 0 Å². The number of aromatic amines is 1. The molecular formula is C18H22N4O3. The number of aliphatic hydroxyl groups is 1. The molecule has 0 atom stereocenters. The minimum absolute atomic E-state index is 0.186. The van der Waals surface area contributed by atoms with E-state index in [0.29, 0.717) is 12.4 Å². The number of fused-ring (bicyclic) bond motifs is 2. The smallest absolute Gasteiger partial charge is 0.349 e. The molecule has 0 radical (unpaired) electrons. The largest absolute Gasteiger partial charge is 0.396 e. The van der Waals surface area contributed by atoms with Gasteiger partial charge in [-0.05, 0) is 49.9 Å². The number of rotatable bonds is 6. The number of nitrogens with one attached hydrogen (secondary N) is 1. The standard InChI is InChI=1S/C18H22N4O3/c1-11-9-13-14(10-12(11)2)22(7-5-3-4-6-8-23)16-15(19-13)17(24)21-18(25)20-16/h9-10,23H,3-8H2,1-2H3,(H,21,24,25). The zero-order valence-corrected chi connectivity index (χ0v) is 14.5. The number of unbranched alkanes of at least 4 members (excludes halogenated alkanes) is 3. The molecule has 2 aliphatic rings. The summed E-state index contributed by atoms with van der Waals surface area (Å²) in [4.78, 5) is 34.5. The Morgan fingerprint density at radius 1 is 1.04 bits per heavy atom. The molecule has 0 amide bonds. The number of nitrogens with zero attached hydrogens (tertiary/aromatic N) is 3. The van der Waals surface area contributed by atoms with E-state index in [9.17, 15) is 9.59 Å². The Labute approximate surface area is 144 Å². The molecule has 7 nitrogen and oxygen atoms in total. The Morgan fingerprint density at radius 2 is 1.76 bits per heavy atom. The third kappa shape index (κ3) is 3.46. The van der Waals surface area contributed by atoms with Gasteiger partial charge in [0, 0.05) is 13.2 Å². The molecule has 0 aliphatic carbocycles. The lowest BCUT2D eigenvalue weighted by atomic mass is 10.1. The zero-order chi connectivity index (χ0) is 18.0. The number of aryl methyl sites for hydroxylation is 3. The minimum atomic E-state index is -0.656. The van der Waals surface area contributed by atoms with Crippen LogP contribution in [0.15, 0.2) is 21.7 Å². The van der Waals surface area contributed by atoms with Crippen molar-refractivity contribution in [3.63, 3.8) is 0 Å². The average molecular weight is 342 g/mol. The molecule has 1 aromatic rings. The van der Waals surface area contributed by atoms with E-state index in [1.165, 1.54) is 0 Å². The summed E-state index contributed by atoms with van der Waals surface area (Å²) in [5, 5.41) is 8.89. The van der Waals surface area contributed by atoms with Crippen LogP contribution in [0.4, 0.5) is 0 Å².